The average Bonchev–Trinajstić information content (AvgIpc) is 2.81. The van der Waals surface area contributed by atoms with Gasteiger partial charge in [-0.05, 0) is 36.8 Å². The Morgan fingerprint density at radius 3 is 2.44 bits per heavy atom. The van der Waals surface area contributed by atoms with E-state index in [1.54, 1.807) is 0 Å². The van der Waals surface area contributed by atoms with Crippen LogP contribution in [0.4, 0.5) is 13.6 Å². The van der Waals surface area contributed by atoms with Crippen LogP contribution in [-0.4, -0.2) is 16.8 Å². The highest BCUT2D eigenvalue weighted by Gasteiger charge is 2.49. The number of rotatable bonds is 3. The number of benzene rings is 2. The zero-order chi connectivity index (χ0) is 18.2. The maximum absolute atomic E-state index is 14.0. The molecule has 5 nitrogen and oxygen atoms in total. The summed E-state index contributed by atoms with van der Waals surface area (Å²) in [6.45, 7) is 1.24. The number of imide groups is 1. The molecule has 1 saturated heterocycles. The lowest BCUT2D eigenvalue weighted by Crippen LogP contribution is -2.40. The molecule has 1 atom stereocenters. The van der Waals surface area contributed by atoms with E-state index in [2.05, 4.69) is 5.32 Å². The molecular weight excluding hydrogens is 328 g/mol. The van der Waals surface area contributed by atoms with Gasteiger partial charge in [0, 0.05) is 5.56 Å². The smallest absolute Gasteiger partial charge is 0.319 e. The van der Waals surface area contributed by atoms with Crippen LogP contribution >= 0.6 is 0 Å². The highest BCUT2D eigenvalue weighted by atomic mass is 19.1. The Morgan fingerprint density at radius 2 is 1.84 bits per heavy atom. The summed E-state index contributed by atoms with van der Waals surface area (Å²) in [6.07, 6.45) is 0. The molecule has 0 saturated carbocycles. The van der Waals surface area contributed by atoms with Gasteiger partial charge < -0.3 is 5.32 Å². The molecule has 1 N–H and O–H groups in total. The third-order valence-electron chi connectivity index (χ3n) is 4.21. The maximum atomic E-state index is 14.0. The molecule has 126 valence electrons. The number of halogens is 2. The quantitative estimate of drug-likeness (QED) is 0.873. The molecule has 0 unspecified atom stereocenters. The van der Waals surface area contributed by atoms with E-state index in [0.29, 0.717) is 5.56 Å². The van der Waals surface area contributed by atoms with Crippen LogP contribution in [0.15, 0.2) is 42.5 Å². The molecule has 0 aliphatic carbocycles. The van der Waals surface area contributed by atoms with Crippen molar-refractivity contribution < 1.29 is 18.4 Å². The molecule has 3 rings (SSSR count). The Kier molecular flexibility index (Phi) is 3.97. The summed E-state index contributed by atoms with van der Waals surface area (Å²) < 4.78 is 27.1. The minimum absolute atomic E-state index is 0.117. The van der Waals surface area contributed by atoms with Gasteiger partial charge in [-0.1, -0.05) is 18.2 Å². The number of hydrogen-bond donors (Lipinski definition) is 1. The van der Waals surface area contributed by atoms with Crippen LogP contribution in [0, 0.1) is 23.0 Å². The Balaban J connectivity index is 1.89. The van der Waals surface area contributed by atoms with Crippen molar-refractivity contribution in [2.75, 3.05) is 0 Å². The second kappa shape index (κ2) is 5.98. The van der Waals surface area contributed by atoms with Crippen molar-refractivity contribution in [2.24, 2.45) is 0 Å². The monoisotopic (exact) mass is 341 g/mol. The van der Waals surface area contributed by atoms with Crippen LogP contribution in [0.3, 0.4) is 0 Å². The summed E-state index contributed by atoms with van der Waals surface area (Å²) in [5.74, 6) is -1.69. The zero-order valence-electron chi connectivity index (χ0n) is 13.2. The molecule has 3 amide bonds. The van der Waals surface area contributed by atoms with E-state index < -0.39 is 29.1 Å². The first-order valence-corrected chi connectivity index (χ1v) is 7.44. The summed E-state index contributed by atoms with van der Waals surface area (Å²) >= 11 is 0. The standard InChI is InChI=1S/C18H13F2N3O2/c1-18(13-4-6-14(19)7-5-13)16(24)23(17(25)22-18)10-12-3-2-11(9-21)8-15(12)20/h2-8H,10H2,1H3,(H,22,25)/t18-/m0/s1. The molecule has 0 bridgehead atoms. The van der Waals surface area contributed by atoms with Crippen molar-refractivity contribution in [3.63, 3.8) is 0 Å². The molecule has 1 fully saturated rings. The van der Waals surface area contributed by atoms with E-state index in [4.69, 9.17) is 5.26 Å². The number of nitrogens with zero attached hydrogens (tertiary/aromatic N) is 2. The molecule has 2 aromatic rings. The number of nitriles is 1. The van der Waals surface area contributed by atoms with Crippen molar-refractivity contribution in [1.82, 2.24) is 10.2 Å². The van der Waals surface area contributed by atoms with E-state index in [-0.39, 0.29) is 17.7 Å². The first-order chi connectivity index (χ1) is 11.8. The Hall–Kier alpha value is -3.27. The minimum atomic E-state index is -1.35. The number of carbonyl (C=O) groups excluding carboxylic acids is 2. The molecule has 0 spiro atoms. The fourth-order valence-electron chi connectivity index (χ4n) is 2.73. The van der Waals surface area contributed by atoms with Gasteiger partial charge in [0.2, 0.25) is 0 Å². The predicted molar refractivity (Wildman–Crippen MR) is 83.9 cm³/mol. The van der Waals surface area contributed by atoms with Gasteiger partial charge in [0.1, 0.15) is 17.2 Å². The maximum Gasteiger partial charge on any atom is 0.325 e. The van der Waals surface area contributed by atoms with Gasteiger partial charge in [0.25, 0.3) is 5.91 Å². The highest BCUT2D eigenvalue weighted by Crippen LogP contribution is 2.30. The Labute approximate surface area is 142 Å². The van der Waals surface area contributed by atoms with Crippen molar-refractivity contribution in [1.29, 1.82) is 5.26 Å². The van der Waals surface area contributed by atoms with Crippen molar-refractivity contribution in [3.8, 4) is 6.07 Å². The zero-order valence-corrected chi connectivity index (χ0v) is 13.2. The lowest BCUT2D eigenvalue weighted by molar-refractivity contribution is -0.131. The van der Waals surface area contributed by atoms with Crippen LogP contribution in [0.2, 0.25) is 0 Å². The molecule has 0 radical (unpaired) electrons. The van der Waals surface area contributed by atoms with Gasteiger partial charge in [0.15, 0.2) is 0 Å². The summed E-state index contributed by atoms with van der Waals surface area (Å²) in [5, 5.41) is 11.3. The SMILES string of the molecule is C[C@@]1(c2ccc(F)cc2)NC(=O)N(Cc2ccc(C#N)cc2F)C1=O. The largest absolute Gasteiger partial charge is 0.325 e. The normalized spacial score (nSPS) is 19.7. The van der Waals surface area contributed by atoms with Crippen LogP contribution in [0.25, 0.3) is 0 Å². The van der Waals surface area contributed by atoms with E-state index in [1.807, 2.05) is 6.07 Å². The molecule has 2 aromatic carbocycles. The molecule has 0 aromatic heterocycles. The summed E-state index contributed by atoms with van der Waals surface area (Å²) in [4.78, 5) is 25.9. The molecule has 25 heavy (non-hydrogen) atoms. The third kappa shape index (κ3) is 2.83. The fourth-order valence-corrected chi connectivity index (χ4v) is 2.73. The van der Waals surface area contributed by atoms with E-state index in [1.165, 1.54) is 43.3 Å². The highest BCUT2D eigenvalue weighted by molar-refractivity contribution is 6.07. The molecule has 7 heteroatoms. The second-order valence-electron chi connectivity index (χ2n) is 5.87. The first-order valence-electron chi connectivity index (χ1n) is 7.44. The van der Waals surface area contributed by atoms with Gasteiger partial charge in [0.05, 0.1) is 18.2 Å². The van der Waals surface area contributed by atoms with E-state index in [9.17, 15) is 18.4 Å². The molecule has 1 heterocycles. The lowest BCUT2D eigenvalue weighted by atomic mass is 9.92. The summed E-state index contributed by atoms with van der Waals surface area (Å²) in [7, 11) is 0. The lowest BCUT2D eigenvalue weighted by Gasteiger charge is -2.22. The number of urea groups is 1. The van der Waals surface area contributed by atoms with Crippen molar-refractivity contribution in [2.45, 2.75) is 19.0 Å². The van der Waals surface area contributed by atoms with Crippen LogP contribution in [-0.2, 0) is 16.9 Å². The van der Waals surface area contributed by atoms with Crippen LogP contribution in [0.1, 0.15) is 23.6 Å². The molecule has 1 aliphatic heterocycles. The first kappa shape index (κ1) is 16.6. The van der Waals surface area contributed by atoms with Crippen molar-refractivity contribution >= 4 is 11.9 Å². The van der Waals surface area contributed by atoms with Gasteiger partial charge in [-0.2, -0.15) is 5.26 Å². The average molecular weight is 341 g/mol. The van der Waals surface area contributed by atoms with E-state index >= 15 is 0 Å². The summed E-state index contributed by atoms with van der Waals surface area (Å²) in [6, 6.07) is 10.2. The minimum Gasteiger partial charge on any atom is -0.319 e. The molecular formula is C18H13F2N3O2. The Morgan fingerprint density at radius 1 is 1.16 bits per heavy atom. The fraction of sp³-hybridized carbons (Fsp3) is 0.167. The number of carbonyl (C=O) groups is 2. The van der Waals surface area contributed by atoms with Gasteiger partial charge in [-0.15, -0.1) is 0 Å². The second-order valence-corrected chi connectivity index (χ2v) is 5.87. The number of nitrogens with one attached hydrogen (secondary N) is 1. The third-order valence-corrected chi connectivity index (χ3v) is 4.21. The van der Waals surface area contributed by atoms with Crippen LogP contribution in [0.5, 0.6) is 0 Å². The van der Waals surface area contributed by atoms with E-state index in [0.717, 1.165) is 11.0 Å². The number of hydrogen-bond acceptors (Lipinski definition) is 3. The number of amides is 3. The van der Waals surface area contributed by atoms with Gasteiger partial charge in [-0.3, -0.25) is 9.69 Å². The van der Waals surface area contributed by atoms with Crippen LogP contribution < -0.4 is 5.32 Å². The Bertz CT molecular complexity index is 906. The topological polar surface area (TPSA) is 73.2 Å². The van der Waals surface area contributed by atoms with Gasteiger partial charge in [-0.25, -0.2) is 13.6 Å². The summed E-state index contributed by atoms with van der Waals surface area (Å²) in [5.41, 5.74) is -0.663. The van der Waals surface area contributed by atoms with Crippen molar-refractivity contribution in [3.05, 3.63) is 70.8 Å². The predicted octanol–water partition coefficient (Wildman–Crippen LogP) is 2.80. The molecule has 1 aliphatic rings. The van der Waals surface area contributed by atoms with Gasteiger partial charge >= 0.3 is 6.03 Å².